The molecule has 0 aliphatic rings. The second-order valence-electron chi connectivity index (χ2n) is 3.42. The highest BCUT2D eigenvalue weighted by Gasteiger charge is 2.28. The number of hydrogen-bond acceptors (Lipinski definition) is 5. The van der Waals surface area contributed by atoms with E-state index in [2.05, 4.69) is 9.72 Å². The van der Waals surface area contributed by atoms with Crippen molar-refractivity contribution in [1.29, 1.82) is 0 Å². The van der Waals surface area contributed by atoms with Gasteiger partial charge in [0.05, 0.1) is 13.2 Å². The summed E-state index contributed by atoms with van der Waals surface area (Å²) in [5, 5.41) is 19.8. The number of halogens is 3. The van der Waals surface area contributed by atoms with E-state index < -0.39 is 36.4 Å². The number of aliphatic hydroxyl groups excluding tert-OH is 1. The molecule has 0 spiro atoms. The fraction of sp³-hybridized carbons (Fsp3) is 0.625. The number of hydrogen-bond donors (Lipinski definition) is 1. The van der Waals surface area contributed by atoms with Gasteiger partial charge < -0.3 is 20.0 Å². The Kier molecular flexibility index (Phi) is 4.62. The molecule has 1 N–H and O–H groups in total. The predicted molar refractivity (Wildman–Crippen MR) is 51.8 cm³/mol. The van der Waals surface area contributed by atoms with Crippen LogP contribution < -0.4 is 0 Å². The van der Waals surface area contributed by atoms with Gasteiger partial charge in [-0.1, -0.05) is 4.98 Å². The first kappa shape index (κ1) is 14.4. The first-order valence-corrected chi connectivity index (χ1v) is 4.77. The Morgan fingerprint density at radius 2 is 2.28 bits per heavy atom. The summed E-state index contributed by atoms with van der Waals surface area (Å²) in [7, 11) is 0. The second kappa shape index (κ2) is 5.78. The molecule has 0 saturated heterocycles. The van der Waals surface area contributed by atoms with E-state index in [1.165, 1.54) is 6.20 Å². The largest absolute Gasteiger partial charge is 0.434 e. The first-order chi connectivity index (χ1) is 8.29. The van der Waals surface area contributed by atoms with Crippen molar-refractivity contribution in [1.82, 2.24) is 9.55 Å². The minimum Gasteiger partial charge on any atom is -0.390 e. The Bertz CT molecular complexity index is 407. The number of nitrogens with zero attached hydrogens (tertiary/aromatic N) is 3. The van der Waals surface area contributed by atoms with Crippen LogP contribution in [-0.4, -0.2) is 45.1 Å². The maximum atomic E-state index is 11.7. The molecule has 102 valence electrons. The highest BCUT2D eigenvalue weighted by Crippen LogP contribution is 2.15. The summed E-state index contributed by atoms with van der Waals surface area (Å²) >= 11 is 0. The third kappa shape index (κ3) is 4.67. The molecule has 0 aliphatic carbocycles. The molecular formula is C8H10F3N3O4. The van der Waals surface area contributed by atoms with Crippen LogP contribution in [0.1, 0.15) is 0 Å². The van der Waals surface area contributed by atoms with Crippen molar-refractivity contribution < 1.29 is 27.9 Å². The van der Waals surface area contributed by atoms with E-state index in [4.69, 9.17) is 0 Å². The van der Waals surface area contributed by atoms with Gasteiger partial charge in [0.1, 0.15) is 25.1 Å². The van der Waals surface area contributed by atoms with E-state index in [0.717, 1.165) is 10.8 Å². The predicted octanol–water partition coefficient (Wildman–Crippen LogP) is 0.731. The van der Waals surface area contributed by atoms with Gasteiger partial charge in [0.25, 0.3) is 0 Å². The fourth-order valence-corrected chi connectivity index (χ4v) is 1.21. The number of aromatic nitrogens is 2. The lowest BCUT2D eigenvalue weighted by molar-refractivity contribution is -0.397. The highest BCUT2D eigenvalue weighted by molar-refractivity contribution is 5.06. The zero-order valence-electron chi connectivity index (χ0n) is 9.00. The van der Waals surface area contributed by atoms with Gasteiger partial charge in [-0.2, -0.15) is 13.2 Å². The van der Waals surface area contributed by atoms with Gasteiger partial charge >= 0.3 is 12.1 Å². The summed E-state index contributed by atoms with van der Waals surface area (Å²) in [4.78, 5) is 13.1. The van der Waals surface area contributed by atoms with Gasteiger partial charge in [-0.15, -0.1) is 0 Å². The molecular weight excluding hydrogens is 259 g/mol. The molecule has 1 aromatic rings. The third-order valence-electron chi connectivity index (χ3n) is 1.84. The Morgan fingerprint density at radius 1 is 1.61 bits per heavy atom. The molecule has 0 bridgehead atoms. The lowest BCUT2D eigenvalue weighted by Crippen LogP contribution is -2.26. The van der Waals surface area contributed by atoms with Crippen LogP contribution in [0.4, 0.5) is 19.1 Å². The van der Waals surface area contributed by atoms with Gasteiger partial charge in [0, 0.05) is 0 Å². The lowest BCUT2D eigenvalue weighted by atomic mass is 10.4. The summed E-state index contributed by atoms with van der Waals surface area (Å²) in [6, 6.07) is 0. The van der Waals surface area contributed by atoms with Crippen LogP contribution in [0.15, 0.2) is 12.4 Å². The van der Waals surface area contributed by atoms with Gasteiger partial charge in [-0.25, -0.2) is 4.57 Å². The number of alkyl halides is 3. The molecule has 10 heteroatoms. The van der Waals surface area contributed by atoms with Crippen molar-refractivity contribution >= 4 is 5.95 Å². The number of ether oxygens (including phenoxy) is 1. The van der Waals surface area contributed by atoms with E-state index >= 15 is 0 Å². The van der Waals surface area contributed by atoms with Crippen LogP contribution in [0.25, 0.3) is 0 Å². The SMILES string of the molecule is O=[N+]([O-])c1nccn1C[C@H](O)COCC(F)(F)F. The number of nitro groups is 1. The first-order valence-electron chi connectivity index (χ1n) is 4.77. The van der Waals surface area contributed by atoms with E-state index in [-0.39, 0.29) is 6.54 Å². The van der Waals surface area contributed by atoms with Crippen molar-refractivity contribution in [2.75, 3.05) is 13.2 Å². The van der Waals surface area contributed by atoms with Gasteiger partial charge in [0.2, 0.25) is 0 Å². The Balaban J connectivity index is 2.42. The maximum absolute atomic E-state index is 11.7. The zero-order valence-corrected chi connectivity index (χ0v) is 9.00. The van der Waals surface area contributed by atoms with Crippen LogP contribution in [0.5, 0.6) is 0 Å². The molecule has 0 unspecified atom stereocenters. The third-order valence-corrected chi connectivity index (χ3v) is 1.84. The minimum absolute atomic E-state index is 0.270. The number of imidazole rings is 1. The quantitative estimate of drug-likeness (QED) is 0.607. The average molecular weight is 269 g/mol. The summed E-state index contributed by atoms with van der Waals surface area (Å²) in [5.74, 6) is -0.495. The minimum atomic E-state index is -4.47. The molecule has 0 fully saturated rings. The van der Waals surface area contributed by atoms with Crippen molar-refractivity contribution in [3.05, 3.63) is 22.5 Å². The summed E-state index contributed by atoms with van der Waals surface area (Å²) < 4.78 is 40.5. The highest BCUT2D eigenvalue weighted by atomic mass is 19.4. The molecule has 1 aromatic heterocycles. The molecule has 0 aromatic carbocycles. The molecule has 0 radical (unpaired) electrons. The molecule has 1 rings (SSSR count). The van der Waals surface area contributed by atoms with Gasteiger partial charge in [-0.3, -0.25) is 0 Å². The van der Waals surface area contributed by atoms with Gasteiger partial charge in [0.15, 0.2) is 0 Å². The summed E-state index contributed by atoms with van der Waals surface area (Å²) in [5.41, 5.74) is 0. The summed E-state index contributed by atoms with van der Waals surface area (Å²) in [6.45, 7) is -2.32. The van der Waals surface area contributed by atoms with Crippen molar-refractivity contribution in [2.45, 2.75) is 18.8 Å². The van der Waals surface area contributed by atoms with Crippen molar-refractivity contribution in [3.8, 4) is 0 Å². The lowest BCUT2D eigenvalue weighted by Gasteiger charge is -2.11. The normalized spacial score (nSPS) is 13.6. The summed E-state index contributed by atoms with van der Waals surface area (Å²) in [6.07, 6.45) is -3.37. The molecule has 0 aliphatic heterocycles. The molecule has 7 nitrogen and oxygen atoms in total. The molecule has 0 saturated carbocycles. The van der Waals surface area contributed by atoms with Crippen molar-refractivity contribution in [2.24, 2.45) is 0 Å². The van der Waals surface area contributed by atoms with E-state index in [1.54, 1.807) is 0 Å². The zero-order chi connectivity index (χ0) is 13.8. The van der Waals surface area contributed by atoms with E-state index in [1.807, 2.05) is 0 Å². The van der Waals surface area contributed by atoms with Crippen LogP contribution in [0, 0.1) is 10.1 Å². The van der Waals surface area contributed by atoms with Crippen LogP contribution in [0.3, 0.4) is 0 Å². The topological polar surface area (TPSA) is 90.4 Å². The smallest absolute Gasteiger partial charge is 0.390 e. The monoisotopic (exact) mass is 269 g/mol. The van der Waals surface area contributed by atoms with Crippen molar-refractivity contribution in [3.63, 3.8) is 0 Å². The van der Waals surface area contributed by atoms with Crippen LogP contribution in [-0.2, 0) is 11.3 Å². The molecule has 1 atom stereocenters. The molecule has 0 amide bonds. The Labute approximate surface area is 99.0 Å². The second-order valence-corrected chi connectivity index (χ2v) is 3.42. The van der Waals surface area contributed by atoms with E-state index in [9.17, 15) is 28.4 Å². The maximum Gasteiger partial charge on any atom is 0.434 e. The number of rotatable bonds is 6. The Morgan fingerprint density at radius 3 is 2.83 bits per heavy atom. The Hall–Kier alpha value is -1.68. The van der Waals surface area contributed by atoms with Crippen LogP contribution in [0.2, 0.25) is 0 Å². The average Bonchev–Trinajstić information content (AvgIpc) is 2.63. The molecule has 1 heterocycles. The number of aliphatic hydroxyl groups is 1. The van der Waals surface area contributed by atoms with E-state index in [0.29, 0.717) is 0 Å². The van der Waals surface area contributed by atoms with Gasteiger partial charge in [-0.05, 0) is 4.92 Å². The standard InChI is InChI=1S/C8H10F3N3O4/c9-8(10,11)5-18-4-6(15)3-13-2-1-12-7(13)14(16)17/h1-2,6,15H,3-5H2/t6-/m0/s1. The van der Waals surface area contributed by atoms with Crippen LogP contribution >= 0.6 is 0 Å². The molecule has 18 heavy (non-hydrogen) atoms. The fourth-order valence-electron chi connectivity index (χ4n) is 1.21.